The minimum Gasteiger partial charge on any atom is -0.265 e. The molecule has 0 aliphatic rings. The highest BCUT2D eigenvalue weighted by molar-refractivity contribution is 9.10. The normalized spacial score (nSPS) is 9.05. The summed E-state index contributed by atoms with van der Waals surface area (Å²) in [6.45, 7) is 0. The van der Waals surface area contributed by atoms with Crippen molar-refractivity contribution >= 4 is 44.3 Å². The minimum atomic E-state index is 0. The van der Waals surface area contributed by atoms with Crippen LogP contribution in [0.3, 0.4) is 0 Å². The molecule has 21 heavy (non-hydrogen) atoms. The molecular formula is C16H13Br2ClN2. The van der Waals surface area contributed by atoms with Crippen molar-refractivity contribution in [2.75, 3.05) is 0 Å². The van der Waals surface area contributed by atoms with E-state index in [1.54, 1.807) is 24.8 Å². The first-order valence-corrected chi connectivity index (χ1v) is 7.56. The summed E-state index contributed by atoms with van der Waals surface area (Å²) >= 11 is 6.68. The number of hydrogen-bond donors (Lipinski definition) is 0. The SMILES string of the molecule is Brc1ccc(-c2ccncc2)cc1.Brc1ccncc1.Cl. The molecule has 3 rings (SSSR count). The van der Waals surface area contributed by atoms with E-state index in [9.17, 15) is 0 Å². The van der Waals surface area contributed by atoms with Gasteiger partial charge in [-0.05, 0) is 47.5 Å². The summed E-state index contributed by atoms with van der Waals surface area (Å²) in [6.07, 6.45) is 7.09. The molecular weight excluding hydrogens is 415 g/mol. The maximum absolute atomic E-state index is 3.98. The van der Waals surface area contributed by atoms with Crippen molar-refractivity contribution in [3.63, 3.8) is 0 Å². The van der Waals surface area contributed by atoms with E-state index in [1.807, 2.05) is 36.4 Å². The van der Waals surface area contributed by atoms with Gasteiger partial charge in [-0.3, -0.25) is 9.97 Å². The lowest BCUT2D eigenvalue weighted by molar-refractivity contribution is 1.32. The lowest BCUT2D eigenvalue weighted by Crippen LogP contribution is -1.77. The Morgan fingerprint density at radius 2 is 0.905 bits per heavy atom. The number of pyridine rings is 2. The highest BCUT2D eigenvalue weighted by Crippen LogP contribution is 2.20. The van der Waals surface area contributed by atoms with E-state index >= 15 is 0 Å². The Bertz CT molecular complexity index is 631. The van der Waals surface area contributed by atoms with E-state index in [2.05, 4.69) is 54.0 Å². The van der Waals surface area contributed by atoms with Crippen LogP contribution in [-0.2, 0) is 0 Å². The molecule has 2 heterocycles. The van der Waals surface area contributed by atoms with Gasteiger partial charge in [0.05, 0.1) is 0 Å². The van der Waals surface area contributed by atoms with Crippen LogP contribution in [0.1, 0.15) is 0 Å². The van der Waals surface area contributed by atoms with E-state index in [4.69, 9.17) is 0 Å². The molecule has 0 bridgehead atoms. The predicted octanol–water partition coefficient (Wildman–Crippen LogP) is 5.78. The molecule has 0 atom stereocenters. The second-order valence-electron chi connectivity index (χ2n) is 3.91. The summed E-state index contributed by atoms with van der Waals surface area (Å²) in [5.41, 5.74) is 2.41. The summed E-state index contributed by atoms with van der Waals surface area (Å²) in [4.78, 5) is 7.79. The average Bonchev–Trinajstić information content (AvgIpc) is 2.50. The van der Waals surface area contributed by atoms with Gasteiger partial charge in [-0.1, -0.05) is 44.0 Å². The van der Waals surface area contributed by atoms with Crippen LogP contribution in [0.2, 0.25) is 0 Å². The number of hydrogen-bond acceptors (Lipinski definition) is 2. The monoisotopic (exact) mass is 426 g/mol. The van der Waals surface area contributed by atoms with Crippen LogP contribution in [0.5, 0.6) is 0 Å². The summed E-state index contributed by atoms with van der Waals surface area (Å²) in [5, 5.41) is 0. The molecule has 5 heteroatoms. The summed E-state index contributed by atoms with van der Waals surface area (Å²) in [7, 11) is 0. The average molecular weight is 429 g/mol. The molecule has 0 amide bonds. The number of benzene rings is 1. The van der Waals surface area contributed by atoms with E-state index in [-0.39, 0.29) is 12.4 Å². The zero-order valence-corrected chi connectivity index (χ0v) is 15.0. The van der Waals surface area contributed by atoms with Gasteiger partial charge < -0.3 is 0 Å². The van der Waals surface area contributed by atoms with Crippen LogP contribution in [0.4, 0.5) is 0 Å². The smallest absolute Gasteiger partial charge is 0.0279 e. The third kappa shape index (κ3) is 6.38. The summed E-state index contributed by atoms with van der Waals surface area (Å²) in [6, 6.07) is 16.0. The topological polar surface area (TPSA) is 25.8 Å². The van der Waals surface area contributed by atoms with Crippen molar-refractivity contribution < 1.29 is 0 Å². The van der Waals surface area contributed by atoms with E-state index < -0.39 is 0 Å². The summed E-state index contributed by atoms with van der Waals surface area (Å²) in [5.74, 6) is 0. The molecule has 2 nitrogen and oxygen atoms in total. The Morgan fingerprint density at radius 1 is 0.524 bits per heavy atom. The molecule has 1 aromatic carbocycles. The molecule has 0 N–H and O–H groups in total. The van der Waals surface area contributed by atoms with Crippen LogP contribution in [-0.4, -0.2) is 9.97 Å². The Labute approximate surface area is 147 Å². The van der Waals surface area contributed by atoms with E-state index in [1.165, 1.54) is 11.1 Å². The molecule has 108 valence electrons. The Kier molecular flexibility index (Phi) is 8.20. The fourth-order valence-electron chi connectivity index (χ4n) is 1.52. The number of aromatic nitrogens is 2. The fraction of sp³-hybridized carbons (Fsp3) is 0. The second-order valence-corrected chi connectivity index (χ2v) is 5.74. The zero-order chi connectivity index (χ0) is 14.2. The van der Waals surface area contributed by atoms with Gasteiger partial charge in [-0.25, -0.2) is 0 Å². The highest BCUT2D eigenvalue weighted by Gasteiger charge is 1.94. The Balaban J connectivity index is 0.000000236. The largest absolute Gasteiger partial charge is 0.265 e. The highest BCUT2D eigenvalue weighted by atomic mass is 79.9. The van der Waals surface area contributed by atoms with Crippen LogP contribution >= 0.6 is 44.3 Å². The van der Waals surface area contributed by atoms with Gasteiger partial charge in [-0.2, -0.15) is 0 Å². The Hall–Kier alpha value is -1.23. The molecule has 0 unspecified atom stereocenters. The lowest BCUT2D eigenvalue weighted by Gasteiger charge is -1.99. The molecule has 0 aliphatic carbocycles. The molecule has 0 aliphatic heterocycles. The zero-order valence-electron chi connectivity index (χ0n) is 11.0. The molecule has 3 aromatic rings. The molecule has 2 aromatic heterocycles. The van der Waals surface area contributed by atoms with Crippen LogP contribution < -0.4 is 0 Å². The molecule has 0 fully saturated rings. The van der Waals surface area contributed by atoms with Crippen LogP contribution in [0.15, 0.2) is 82.3 Å². The van der Waals surface area contributed by atoms with E-state index in [0.717, 1.165) is 8.95 Å². The fourth-order valence-corrected chi connectivity index (χ4v) is 2.02. The van der Waals surface area contributed by atoms with Gasteiger partial charge in [0.25, 0.3) is 0 Å². The summed E-state index contributed by atoms with van der Waals surface area (Å²) < 4.78 is 2.17. The van der Waals surface area contributed by atoms with Crippen LogP contribution in [0.25, 0.3) is 11.1 Å². The van der Waals surface area contributed by atoms with Gasteiger partial charge in [0, 0.05) is 33.7 Å². The number of halogens is 3. The van der Waals surface area contributed by atoms with Gasteiger partial charge in [0.15, 0.2) is 0 Å². The maximum atomic E-state index is 3.98. The quantitative estimate of drug-likeness (QED) is 0.491. The standard InChI is InChI=1S/C11H8BrN.C5H4BrN.ClH/c12-11-3-1-9(2-4-11)10-5-7-13-8-6-10;6-5-1-3-7-4-2-5;/h1-8H;1-4H;1H. The van der Waals surface area contributed by atoms with Crippen molar-refractivity contribution in [3.8, 4) is 11.1 Å². The van der Waals surface area contributed by atoms with Gasteiger partial charge in [0.1, 0.15) is 0 Å². The van der Waals surface area contributed by atoms with Crippen LogP contribution in [0, 0.1) is 0 Å². The number of nitrogens with zero attached hydrogens (tertiary/aromatic N) is 2. The third-order valence-electron chi connectivity index (χ3n) is 2.50. The van der Waals surface area contributed by atoms with Gasteiger partial charge >= 0.3 is 0 Å². The van der Waals surface area contributed by atoms with Gasteiger partial charge in [-0.15, -0.1) is 12.4 Å². The molecule has 0 saturated carbocycles. The maximum Gasteiger partial charge on any atom is 0.0279 e. The second kappa shape index (κ2) is 9.66. The van der Waals surface area contributed by atoms with Crippen molar-refractivity contribution in [1.82, 2.24) is 9.97 Å². The van der Waals surface area contributed by atoms with E-state index in [0.29, 0.717) is 0 Å². The van der Waals surface area contributed by atoms with Crippen molar-refractivity contribution in [1.29, 1.82) is 0 Å². The molecule has 0 saturated heterocycles. The molecule has 0 spiro atoms. The first-order valence-electron chi connectivity index (χ1n) is 5.97. The number of rotatable bonds is 1. The lowest BCUT2D eigenvalue weighted by atomic mass is 10.1. The van der Waals surface area contributed by atoms with Crippen molar-refractivity contribution in [3.05, 3.63) is 82.3 Å². The minimum absolute atomic E-state index is 0. The Morgan fingerprint density at radius 3 is 1.33 bits per heavy atom. The van der Waals surface area contributed by atoms with Crippen molar-refractivity contribution in [2.24, 2.45) is 0 Å². The van der Waals surface area contributed by atoms with Crippen molar-refractivity contribution in [2.45, 2.75) is 0 Å². The first kappa shape index (κ1) is 17.8. The molecule has 0 radical (unpaired) electrons. The first-order chi connectivity index (χ1) is 9.75. The van der Waals surface area contributed by atoms with Gasteiger partial charge in [0.2, 0.25) is 0 Å². The predicted molar refractivity (Wildman–Crippen MR) is 96.6 cm³/mol. The third-order valence-corrected chi connectivity index (χ3v) is 3.55.